The van der Waals surface area contributed by atoms with E-state index in [1.807, 2.05) is 68.1 Å². The summed E-state index contributed by atoms with van der Waals surface area (Å²) in [5.74, 6) is 1.06. The summed E-state index contributed by atoms with van der Waals surface area (Å²) in [4.78, 5) is 18.3. The fraction of sp³-hybridized carbons (Fsp3) is 0.364. The van der Waals surface area contributed by atoms with E-state index in [9.17, 15) is 4.79 Å². The first-order valence-electron chi connectivity index (χ1n) is 9.20. The predicted octanol–water partition coefficient (Wildman–Crippen LogP) is 4.30. The number of carbonyl (C=O) groups is 1. The van der Waals surface area contributed by atoms with Crippen LogP contribution in [0.5, 0.6) is 11.5 Å². The molecule has 3 rings (SSSR count). The first kappa shape index (κ1) is 19.7. The molecular weight excluding hydrogens is 356 g/mol. The summed E-state index contributed by atoms with van der Waals surface area (Å²) in [6.07, 6.45) is 1.69. The maximum Gasteiger partial charge on any atom is 0.312 e. The van der Waals surface area contributed by atoms with Crippen molar-refractivity contribution in [3.8, 4) is 11.5 Å². The third-order valence-corrected chi connectivity index (χ3v) is 4.31. The Balaban J connectivity index is 1.68. The largest absolute Gasteiger partial charge is 0.493 e. The lowest BCUT2D eigenvalue weighted by atomic mass is 9.98. The molecule has 2 aromatic rings. The van der Waals surface area contributed by atoms with Gasteiger partial charge in [0, 0.05) is 18.2 Å². The zero-order valence-corrected chi connectivity index (χ0v) is 16.8. The van der Waals surface area contributed by atoms with Gasteiger partial charge in [0.2, 0.25) is 0 Å². The Bertz CT molecular complexity index is 857. The van der Waals surface area contributed by atoms with Crippen LogP contribution < -0.4 is 9.47 Å². The van der Waals surface area contributed by atoms with Crippen molar-refractivity contribution in [2.24, 2.45) is 10.4 Å². The van der Waals surface area contributed by atoms with Crippen molar-refractivity contribution in [2.75, 3.05) is 13.8 Å². The maximum absolute atomic E-state index is 12.0. The normalized spacial score (nSPS) is 13.1. The fourth-order valence-electron chi connectivity index (χ4n) is 2.69. The van der Waals surface area contributed by atoms with Crippen LogP contribution in [0.3, 0.4) is 0 Å². The van der Waals surface area contributed by atoms with Crippen LogP contribution in [0.15, 0.2) is 47.5 Å². The van der Waals surface area contributed by atoms with E-state index in [1.165, 1.54) is 0 Å². The molecule has 0 aliphatic carbocycles. The van der Waals surface area contributed by atoms with Gasteiger partial charge in [-0.1, -0.05) is 30.3 Å². The van der Waals surface area contributed by atoms with Crippen LogP contribution >= 0.6 is 0 Å². The molecule has 1 aliphatic rings. The molecule has 0 spiro atoms. The quantitative estimate of drug-likeness (QED) is 0.697. The second-order valence-electron chi connectivity index (χ2n) is 7.71. The molecule has 0 atom stereocenters. The van der Waals surface area contributed by atoms with Crippen molar-refractivity contribution >= 4 is 18.0 Å². The Morgan fingerprint density at radius 3 is 2.57 bits per heavy atom. The summed E-state index contributed by atoms with van der Waals surface area (Å²) in [6.45, 7) is 6.68. The Morgan fingerprint density at radius 2 is 1.89 bits per heavy atom. The molecule has 0 N–H and O–H groups in total. The molecule has 0 aromatic heterocycles. The van der Waals surface area contributed by atoms with Crippen LogP contribution in [0.2, 0.25) is 0 Å². The average molecular weight is 382 g/mol. The van der Waals surface area contributed by atoms with Crippen LogP contribution in [0.1, 0.15) is 31.9 Å². The van der Waals surface area contributed by atoms with E-state index in [1.54, 1.807) is 13.4 Å². The highest BCUT2D eigenvalue weighted by Gasteiger charge is 2.24. The third kappa shape index (κ3) is 4.82. The van der Waals surface area contributed by atoms with Crippen molar-refractivity contribution in [2.45, 2.75) is 33.9 Å². The minimum Gasteiger partial charge on any atom is -0.493 e. The summed E-state index contributed by atoms with van der Waals surface area (Å²) < 4.78 is 16.8. The number of benzene rings is 2. The van der Waals surface area contributed by atoms with Crippen LogP contribution in [-0.4, -0.2) is 31.0 Å². The van der Waals surface area contributed by atoms with Gasteiger partial charge in [-0.2, -0.15) is 0 Å². The molecule has 0 radical (unpaired) electrons. The van der Waals surface area contributed by atoms with E-state index in [0.29, 0.717) is 24.7 Å². The van der Waals surface area contributed by atoms with Crippen molar-refractivity contribution in [1.82, 2.24) is 4.90 Å². The minimum absolute atomic E-state index is 0.160. The number of nitrogens with zero attached hydrogens (tertiary/aromatic N) is 2. The van der Waals surface area contributed by atoms with Gasteiger partial charge in [-0.15, -0.1) is 0 Å². The van der Waals surface area contributed by atoms with Crippen molar-refractivity contribution in [3.05, 3.63) is 53.6 Å². The van der Waals surface area contributed by atoms with Gasteiger partial charge in [0.05, 0.1) is 24.6 Å². The molecule has 6 nitrogen and oxygen atoms in total. The average Bonchev–Trinajstić information content (AvgIpc) is 2.69. The molecule has 0 unspecified atom stereocenters. The van der Waals surface area contributed by atoms with Gasteiger partial charge < -0.3 is 19.1 Å². The van der Waals surface area contributed by atoms with Gasteiger partial charge in [0.25, 0.3) is 0 Å². The van der Waals surface area contributed by atoms with Crippen molar-refractivity contribution in [1.29, 1.82) is 0 Å². The minimum atomic E-state index is -0.529. The highest BCUT2D eigenvalue weighted by molar-refractivity contribution is 5.75. The first-order valence-corrected chi connectivity index (χ1v) is 9.20. The number of hydrogen-bond acceptors (Lipinski definition) is 6. The third-order valence-electron chi connectivity index (χ3n) is 4.31. The molecule has 1 heterocycles. The van der Waals surface area contributed by atoms with Crippen LogP contribution in [0.25, 0.3) is 0 Å². The number of ether oxygens (including phenoxy) is 3. The van der Waals surface area contributed by atoms with E-state index in [4.69, 9.17) is 14.2 Å². The number of rotatable bonds is 6. The molecule has 28 heavy (non-hydrogen) atoms. The van der Waals surface area contributed by atoms with Gasteiger partial charge in [-0.3, -0.25) is 4.79 Å². The lowest BCUT2D eigenvalue weighted by Gasteiger charge is -2.26. The number of methoxy groups -OCH3 is 1. The Morgan fingerprint density at radius 1 is 1.14 bits per heavy atom. The lowest BCUT2D eigenvalue weighted by molar-refractivity contribution is -0.156. The van der Waals surface area contributed by atoms with Crippen LogP contribution in [0, 0.1) is 5.41 Å². The van der Waals surface area contributed by atoms with Crippen molar-refractivity contribution in [3.63, 3.8) is 0 Å². The zero-order valence-electron chi connectivity index (χ0n) is 16.8. The number of esters is 1. The molecule has 0 amide bonds. The van der Waals surface area contributed by atoms with E-state index in [2.05, 4.69) is 4.99 Å². The fourth-order valence-corrected chi connectivity index (χ4v) is 2.69. The maximum atomic E-state index is 12.0. The summed E-state index contributed by atoms with van der Waals surface area (Å²) in [7, 11) is 1.62. The molecule has 2 aromatic carbocycles. The Kier molecular flexibility index (Phi) is 5.87. The van der Waals surface area contributed by atoms with Gasteiger partial charge >= 0.3 is 5.97 Å². The first-order chi connectivity index (χ1) is 13.4. The lowest BCUT2D eigenvalue weighted by Crippen LogP contribution is -2.32. The van der Waals surface area contributed by atoms with E-state index < -0.39 is 5.41 Å². The Labute approximate surface area is 165 Å². The standard InChI is InChI=1S/C22H26N2O4/c1-22(2,3)21(25)28-15-24-12-17-10-19(26-4)20(11-18(17)23-14-24)27-13-16-8-6-5-7-9-16/h5-11,14H,12-13,15H2,1-4H3. The summed E-state index contributed by atoms with van der Waals surface area (Å²) >= 11 is 0. The molecule has 0 saturated heterocycles. The smallest absolute Gasteiger partial charge is 0.312 e. The monoisotopic (exact) mass is 382 g/mol. The SMILES string of the molecule is COc1cc2c(cc1OCc1ccccc1)N=CN(COC(=O)C(C)(C)C)C2. The van der Waals surface area contributed by atoms with Crippen LogP contribution in [-0.2, 0) is 22.7 Å². The topological polar surface area (TPSA) is 60.4 Å². The van der Waals surface area contributed by atoms with E-state index in [-0.39, 0.29) is 12.7 Å². The van der Waals surface area contributed by atoms with E-state index >= 15 is 0 Å². The molecule has 1 aliphatic heterocycles. The number of fused-ring (bicyclic) bond motifs is 1. The summed E-state index contributed by atoms with van der Waals surface area (Å²) in [6, 6.07) is 13.8. The molecule has 0 saturated carbocycles. The van der Waals surface area contributed by atoms with Crippen molar-refractivity contribution < 1.29 is 19.0 Å². The molecule has 0 bridgehead atoms. The Hall–Kier alpha value is -3.02. The summed E-state index contributed by atoms with van der Waals surface area (Å²) in [5, 5.41) is 0. The molecule has 0 fully saturated rings. The van der Waals surface area contributed by atoms with Gasteiger partial charge in [-0.05, 0) is 32.4 Å². The highest BCUT2D eigenvalue weighted by atomic mass is 16.5. The molecule has 148 valence electrons. The number of aliphatic imine (C=N–C) groups is 1. The van der Waals surface area contributed by atoms with Gasteiger partial charge in [-0.25, -0.2) is 4.99 Å². The highest BCUT2D eigenvalue weighted by Crippen LogP contribution is 2.37. The summed E-state index contributed by atoms with van der Waals surface area (Å²) in [5.41, 5.74) is 2.36. The molecular formula is C22H26N2O4. The van der Waals surface area contributed by atoms with Gasteiger partial charge in [0.1, 0.15) is 6.61 Å². The van der Waals surface area contributed by atoms with Crippen LogP contribution in [0.4, 0.5) is 5.69 Å². The second kappa shape index (κ2) is 8.33. The molecule has 6 heteroatoms. The van der Waals surface area contributed by atoms with E-state index in [0.717, 1.165) is 16.8 Å². The zero-order chi connectivity index (χ0) is 20.1. The number of carbonyl (C=O) groups excluding carboxylic acids is 1. The number of hydrogen-bond donors (Lipinski definition) is 0. The second-order valence-corrected chi connectivity index (χ2v) is 7.71. The van der Waals surface area contributed by atoms with Gasteiger partial charge in [0.15, 0.2) is 18.2 Å². The predicted molar refractivity (Wildman–Crippen MR) is 108 cm³/mol.